The Morgan fingerprint density at radius 3 is 2.61 bits per heavy atom. The predicted molar refractivity (Wildman–Crippen MR) is 93.1 cm³/mol. The first kappa shape index (κ1) is 18.1. The molecule has 2 rings (SSSR count). The first-order chi connectivity index (χ1) is 11.0. The summed E-state index contributed by atoms with van der Waals surface area (Å²) in [7, 11) is 0. The Balaban J connectivity index is 2.13. The summed E-state index contributed by atoms with van der Waals surface area (Å²) in [6, 6.07) is 5.24. The van der Waals surface area contributed by atoms with E-state index in [-0.39, 0.29) is 12.3 Å². The number of nitro groups is 1. The van der Waals surface area contributed by atoms with Crippen LogP contribution in [0.25, 0.3) is 0 Å². The van der Waals surface area contributed by atoms with Crippen molar-refractivity contribution in [3.05, 3.63) is 39.9 Å². The highest BCUT2D eigenvalue weighted by Crippen LogP contribution is 2.27. The Hall–Kier alpha value is -1.26. The molecular weight excluding hydrogens is 338 g/mol. The Labute approximate surface area is 144 Å². The molecule has 1 aliphatic heterocycles. The van der Waals surface area contributed by atoms with Gasteiger partial charge in [0.25, 0.3) is 5.69 Å². The van der Waals surface area contributed by atoms with Gasteiger partial charge in [0.05, 0.1) is 36.2 Å². The Kier molecular flexibility index (Phi) is 6.31. The molecule has 1 aliphatic rings. The van der Waals surface area contributed by atoms with Gasteiger partial charge in [-0.15, -0.1) is 0 Å². The van der Waals surface area contributed by atoms with Gasteiger partial charge in [-0.25, -0.2) is 0 Å². The Morgan fingerprint density at radius 2 is 2.09 bits per heavy atom. The lowest BCUT2D eigenvalue weighted by Crippen LogP contribution is -2.52. The van der Waals surface area contributed by atoms with Crippen molar-refractivity contribution in [1.29, 1.82) is 0 Å². The van der Waals surface area contributed by atoms with E-state index in [4.69, 9.17) is 12.2 Å². The first-order valence-electron chi connectivity index (χ1n) is 7.17. The molecule has 7 nitrogen and oxygen atoms in total. The van der Waals surface area contributed by atoms with Crippen molar-refractivity contribution in [3.8, 4) is 0 Å². The molecule has 0 amide bonds. The topological polar surface area (TPSA) is 90.1 Å². The van der Waals surface area contributed by atoms with Crippen LogP contribution in [0.5, 0.6) is 0 Å². The molecule has 1 unspecified atom stereocenters. The SMILES string of the molecule is CCN1CN([C@@H](CO)C(O)c2ccc([N+](=O)[O-])cc2)CSC1=S. The number of thiocarbonyl (C=S) groups is 1. The lowest BCUT2D eigenvalue weighted by molar-refractivity contribution is -0.384. The second-order valence-electron chi connectivity index (χ2n) is 5.17. The van der Waals surface area contributed by atoms with Crippen molar-refractivity contribution >= 4 is 34.0 Å². The number of non-ortho nitro benzene ring substituents is 1. The average Bonchev–Trinajstić information content (AvgIpc) is 2.56. The summed E-state index contributed by atoms with van der Waals surface area (Å²) < 4.78 is 0.810. The van der Waals surface area contributed by atoms with Crippen molar-refractivity contribution < 1.29 is 15.1 Å². The summed E-state index contributed by atoms with van der Waals surface area (Å²) in [4.78, 5) is 14.2. The number of thioether (sulfide) groups is 1. The first-order valence-corrected chi connectivity index (χ1v) is 8.56. The predicted octanol–water partition coefficient (Wildman–Crippen LogP) is 1.56. The molecule has 2 atom stereocenters. The van der Waals surface area contributed by atoms with E-state index < -0.39 is 17.1 Å². The molecule has 0 radical (unpaired) electrons. The van der Waals surface area contributed by atoms with E-state index >= 15 is 0 Å². The van der Waals surface area contributed by atoms with Gasteiger partial charge in [-0.1, -0.05) is 24.0 Å². The quantitative estimate of drug-likeness (QED) is 0.450. The van der Waals surface area contributed by atoms with Crippen molar-refractivity contribution in [2.45, 2.75) is 19.1 Å². The van der Waals surface area contributed by atoms with Gasteiger partial charge < -0.3 is 15.1 Å². The lowest BCUT2D eigenvalue weighted by atomic mass is 10.0. The molecule has 0 aliphatic carbocycles. The van der Waals surface area contributed by atoms with Crippen LogP contribution in [-0.2, 0) is 0 Å². The second-order valence-corrected chi connectivity index (χ2v) is 6.75. The lowest BCUT2D eigenvalue weighted by Gasteiger charge is -2.41. The smallest absolute Gasteiger partial charge is 0.269 e. The van der Waals surface area contributed by atoms with Crippen molar-refractivity contribution in [3.63, 3.8) is 0 Å². The molecule has 0 saturated carbocycles. The number of nitrogens with zero attached hydrogens (tertiary/aromatic N) is 3. The van der Waals surface area contributed by atoms with E-state index in [0.29, 0.717) is 18.1 Å². The molecule has 9 heteroatoms. The third kappa shape index (κ3) is 4.18. The van der Waals surface area contributed by atoms with Gasteiger partial charge in [-0.05, 0) is 24.6 Å². The van der Waals surface area contributed by atoms with Gasteiger partial charge in [-0.2, -0.15) is 0 Å². The monoisotopic (exact) mass is 357 g/mol. The molecule has 1 fully saturated rings. The number of benzene rings is 1. The highest BCUT2D eigenvalue weighted by Gasteiger charge is 2.31. The molecule has 0 spiro atoms. The van der Waals surface area contributed by atoms with Crippen LogP contribution in [0.1, 0.15) is 18.6 Å². The number of aliphatic hydroxyl groups excluding tert-OH is 2. The Morgan fingerprint density at radius 1 is 1.43 bits per heavy atom. The third-order valence-electron chi connectivity index (χ3n) is 3.81. The van der Waals surface area contributed by atoms with Crippen LogP contribution in [0.4, 0.5) is 5.69 Å². The van der Waals surface area contributed by atoms with Gasteiger partial charge in [0.15, 0.2) is 0 Å². The van der Waals surface area contributed by atoms with Crippen LogP contribution in [-0.4, -0.2) is 61.0 Å². The van der Waals surface area contributed by atoms with Gasteiger partial charge in [-0.3, -0.25) is 15.0 Å². The molecule has 0 aromatic heterocycles. The summed E-state index contributed by atoms with van der Waals surface area (Å²) in [6.45, 7) is 3.08. The molecule has 1 heterocycles. The average molecular weight is 357 g/mol. The molecule has 2 N–H and O–H groups in total. The molecule has 23 heavy (non-hydrogen) atoms. The third-order valence-corrected chi connectivity index (χ3v) is 5.39. The van der Waals surface area contributed by atoms with Crippen LogP contribution in [0.3, 0.4) is 0 Å². The standard InChI is InChI=1S/C14H19N3O4S2/c1-2-15-8-16(9-23-14(15)22)12(7-18)13(19)10-3-5-11(6-4-10)17(20)21/h3-6,12-13,18-19H,2,7-9H2,1H3/t12-,13?/m0/s1. The highest BCUT2D eigenvalue weighted by atomic mass is 32.2. The van der Waals surface area contributed by atoms with Gasteiger partial charge in [0.2, 0.25) is 0 Å². The molecular formula is C14H19N3O4S2. The normalized spacial score (nSPS) is 18.7. The van der Waals surface area contributed by atoms with E-state index in [1.54, 1.807) is 0 Å². The minimum atomic E-state index is -0.938. The summed E-state index contributed by atoms with van der Waals surface area (Å²) in [6.07, 6.45) is -0.938. The van der Waals surface area contributed by atoms with E-state index in [1.165, 1.54) is 36.0 Å². The van der Waals surface area contributed by atoms with Gasteiger partial charge in [0, 0.05) is 18.7 Å². The zero-order valence-electron chi connectivity index (χ0n) is 12.7. The van der Waals surface area contributed by atoms with Crippen molar-refractivity contribution in [2.24, 2.45) is 0 Å². The summed E-state index contributed by atoms with van der Waals surface area (Å²) in [5.41, 5.74) is 0.508. The Bertz CT molecular complexity index is 570. The number of nitro benzene ring substituents is 1. The zero-order valence-corrected chi connectivity index (χ0v) is 14.3. The fraction of sp³-hybridized carbons (Fsp3) is 0.500. The molecule has 0 bridgehead atoms. The minimum absolute atomic E-state index is 0.0301. The summed E-state index contributed by atoms with van der Waals surface area (Å²) in [5, 5.41) is 31.0. The molecule has 1 aromatic carbocycles. The zero-order chi connectivity index (χ0) is 17.0. The minimum Gasteiger partial charge on any atom is -0.395 e. The van der Waals surface area contributed by atoms with Crippen LogP contribution in [0.2, 0.25) is 0 Å². The second kappa shape index (κ2) is 8.02. The van der Waals surface area contributed by atoms with Crippen LogP contribution in [0.15, 0.2) is 24.3 Å². The van der Waals surface area contributed by atoms with Crippen LogP contribution >= 0.6 is 24.0 Å². The maximum atomic E-state index is 10.7. The molecule has 1 saturated heterocycles. The summed E-state index contributed by atoms with van der Waals surface area (Å²) in [5.74, 6) is 0.588. The van der Waals surface area contributed by atoms with E-state index in [1.807, 2.05) is 16.7 Å². The highest BCUT2D eigenvalue weighted by molar-refractivity contribution is 8.22. The van der Waals surface area contributed by atoms with Crippen molar-refractivity contribution in [2.75, 3.05) is 25.7 Å². The van der Waals surface area contributed by atoms with E-state index in [9.17, 15) is 20.3 Å². The number of aliphatic hydroxyl groups is 2. The van der Waals surface area contributed by atoms with E-state index in [2.05, 4.69) is 0 Å². The van der Waals surface area contributed by atoms with Crippen LogP contribution in [0, 0.1) is 10.1 Å². The molecule has 126 valence electrons. The fourth-order valence-electron chi connectivity index (χ4n) is 2.41. The van der Waals surface area contributed by atoms with Crippen LogP contribution < -0.4 is 0 Å². The maximum absolute atomic E-state index is 10.7. The molecule has 1 aromatic rings. The van der Waals surface area contributed by atoms with Gasteiger partial charge in [0.1, 0.15) is 4.32 Å². The maximum Gasteiger partial charge on any atom is 0.269 e. The summed E-state index contributed by atoms with van der Waals surface area (Å²) >= 11 is 6.77. The number of hydrogen-bond donors (Lipinski definition) is 2. The van der Waals surface area contributed by atoms with E-state index in [0.717, 1.165) is 10.9 Å². The van der Waals surface area contributed by atoms with Gasteiger partial charge >= 0.3 is 0 Å². The largest absolute Gasteiger partial charge is 0.395 e. The fourth-order valence-corrected chi connectivity index (χ4v) is 3.67. The number of rotatable bonds is 6. The number of hydrogen-bond acceptors (Lipinski definition) is 7. The van der Waals surface area contributed by atoms with Crippen molar-refractivity contribution in [1.82, 2.24) is 9.80 Å².